The fourth-order valence-electron chi connectivity index (χ4n) is 2.98. The van der Waals surface area contributed by atoms with E-state index < -0.39 is 0 Å². The monoisotopic (exact) mass is 420 g/mol. The zero-order chi connectivity index (χ0) is 22.0. The highest BCUT2D eigenvalue weighted by atomic mass is 16.5. The van der Waals surface area contributed by atoms with Crippen LogP contribution in [0.5, 0.6) is 11.5 Å². The van der Waals surface area contributed by atoms with Crippen LogP contribution < -0.4 is 14.8 Å². The smallest absolute Gasteiger partial charge is 0.291 e. The van der Waals surface area contributed by atoms with E-state index in [0.29, 0.717) is 39.9 Å². The van der Waals surface area contributed by atoms with Crippen molar-refractivity contribution in [3.8, 4) is 11.5 Å². The molecule has 4 aromatic rings. The van der Waals surface area contributed by atoms with Crippen LogP contribution in [-0.2, 0) is 12.0 Å². The van der Waals surface area contributed by atoms with Crippen LogP contribution in [-0.4, -0.2) is 18.0 Å². The number of nitrogens with zero attached hydrogens (tertiary/aromatic N) is 1. The molecule has 2 aromatic heterocycles. The van der Waals surface area contributed by atoms with Crippen molar-refractivity contribution in [2.45, 2.75) is 32.8 Å². The maximum Gasteiger partial charge on any atom is 0.291 e. The fourth-order valence-corrected chi connectivity index (χ4v) is 2.98. The van der Waals surface area contributed by atoms with Crippen molar-refractivity contribution in [1.29, 1.82) is 0 Å². The Balaban J connectivity index is 1.43. The number of fused-ring (bicyclic) bond motifs is 1. The number of carbonyl (C=O) groups excluding carboxylic acids is 1. The van der Waals surface area contributed by atoms with E-state index in [0.717, 1.165) is 0 Å². The lowest BCUT2D eigenvalue weighted by Gasteiger charge is -2.11. The number of nitrogens with one attached hydrogen (secondary N) is 1. The van der Waals surface area contributed by atoms with E-state index in [9.17, 15) is 4.79 Å². The van der Waals surface area contributed by atoms with Gasteiger partial charge in [0, 0.05) is 11.1 Å². The summed E-state index contributed by atoms with van der Waals surface area (Å²) in [5, 5.41) is 2.83. The van der Waals surface area contributed by atoms with Gasteiger partial charge >= 0.3 is 0 Å². The van der Waals surface area contributed by atoms with Crippen molar-refractivity contribution < 1.29 is 23.1 Å². The molecule has 4 rings (SSSR count). The van der Waals surface area contributed by atoms with Crippen molar-refractivity contribution in [2.24, 2.45) is 0 Å². The van der Waals surface area contributed by atoms with Crippen LogP contribution >= 0.6 is 0 Å². The number of amides is 1. The summed E-state index contributed by atoms with van der Waals surface area (Å²) < 4.78 is 22.4. The largest absolute Gasteiger partial charge is 0.493 e. The predicted octanol–water partition coefficient (Wildman–Crippen LogP) is 5.56. The summed E-state index contributed by atoms with van der Waals surface area (Å²) in [5.74, 6) is 2.24. The number of benzene rings is 2. The van der Waals surface area contributed by atoms with Gasteiger partial charge in [-0.1, -0.05) is 32.9 Å². The van der Waals surface area contributed by atoms with Gasteiger partial charge in [0.15, 0.2) is 22.8 Å². The van der Waals surface area contributed by atoms with E-state index >= 15 is 0 Å². The summed E-state index contributed by atoms with van der Waals surface area (Å²) in [5.41, 5.74) is 1.78. The van der Waals surface area contributed by atoms with Crippen molar-refractivity contribution >= 4 is 22.7 Å². The molecule has 7 nitrogen and oxygen atoms in total. The molecule has 1 amide bonds. The van der Waals surface area contributed by atoms with Crippen LogP contribution in [0, 0.1) is 0 Å². The molecule has 0 spiro atoms. The number of aromatic nitrogens is 1. The zero-order valence-electron chi connectivity index (χ0n) is 17.9. The molecule has 1 N–H and O–H groups in total. The second-order valence-corrected chi connectivity index (χ2v) is 8.11. The second-order valence-electron chi connectivity index (χ2n) is 8.11. The molecule has 7 heteroatoms. The van der Waals surface area contributed by atoms with Gasteiger partial charge < -0.3 is 23.6 Å². The molecule has 0 fully saturated rings. The summed E-state index contributed by atoms with van der Waals surface area (Å²) in [6.07, 6.45) is 0. The topological polar surface area (TPSA) is 86.7 Å². The molecule has 0 aliphatic carbocycles. The predicted molar refractivity (Wildman–Crippen MR) is 117 cm³/mol. The Hall–Kier alpha value is -3.74. The van der Waals surface area contributed by atoms with Gasteiger partial charge in [-0.25, -0.2) is 4.98 Å². The lowest BCUT2D eigenvalue weighted by Crippen LogP contribution is -2.11. The third-order valence-corrected chi connectivity index (χ3v) is 4.61. The number of anilines is 1. The van der Waals surface area contributed by atoms with Crippen LogP contribution in [0.2, 0.25) is 0 Å². The lowest BCUT2D eigenvalue weighted by molar-refractivity contribution is 0.0992. The van der Waals surface area contributed by atoms with Crippen molar-refractivity contribution in [3.05, 3.63) is 72.0 Å². The molecular weight excluding hydrogens is 396 g/mol. The summed E-state index contributed by atoms with van der Waals surface area (Å²) in [4.78, 5) is 17.1. The average molecular weight is 420 g/mol. The third-order valence-electron chi connectivity index (χ3n) is 4.61. The fraction of sp³-hybridized carbons (Fsp3) is 0.250. The van der Waals surface area contributed by atoms with Gasteiger partial charge in [-0.15, -0.1) is 0 Å². The SMILES string of the molecule is COc1ccccc1OCc1ccc(C(=O)Nc2ccc3oc(C(C)(C)C)nc3c2)o1. The number of para-hydroxylation sites is 2. The van der Waals surface area contributed by atoms with Crippen LogP contribution in [0.3, 0.4) is 0 Å². The molecule has 0 atom stereocenters. The maximum absolute atomic E-state index is 12.6. The van der Waals surface area contributed by atoms with Gasteiger partial charge in [0.25, 0.3) is 5.91 Å². The Morgan fingerprint density at radius 2 is 1.81 bits per heavy atom. The molecule has 0 unspecified atom stereocenters. The first-order valence-corrected chi connectivity index (χ1v) is 9.90. The van der Waals surface area contributed by atoms with Gasteiger partial charge in [0.2, 0.25) is 5.89 Å². The minimum Gasteiger partial charge on any atom is -0.493 e. The zero-order valence-corrected chi connectivity index (χ0v) is 17.9. The Labute approximate surface area is 180 Å². The molecule has 0 saturated carbocycles. The summed E-state index contributed by atoms with van der Waals surface area (Å²) in [6, 6.07) is 16.0. The van der Waals surface area contributed by atoms with Crippen LogP contribution in [0.15, 0.2) is 63.4 Å². The van der Waals surface area contributed by atoms with E-state index in [-0.39, 0.29) is 23.7 Å². The highest BCUT2D eigenvalue weighted by Gasteiger charge is 2.21. The normalized spacial score (nSPS) is 11.5. The van der Waals surface area contributed by atoms with E-state index in [1.165, 1.54) is 0 Å². The molecule has 31 heavy (non-hydrogen) atoms. The Kier molecular flexibility index (Phi) is 5.42. The Bertz CT molecular complexity index is 1220. The molecule has 160 valence electrons. The van der Waals surface area contributed by atoms with Gasteiger partial charge in [-0.05, 0) is 42.5 Å². The van der Waals surface area contributed by atoms with Crippen LogP contribution in [0.1, 0.15) is 43.0 Å². The molecule has 0 radical (unpaired) electrons. The van der Waals surface area contributed by atoms with Crippen LogP contribution in [0.25, 0.3) is 11.1 Å². The first-order chi connectivity index (χ1) is 14.8. The quantitative estimate of drug-likeness (QED) is 0.440. The standard InChI is InChI=1S/C24H24N2O5/c1-24(2,3)23-26-17-13-15(9-11-18(17)31-23)25-22(27)21-12-10-16(30-21)14-29-20-8-6-5-7-19(20)28-4/h5-13H,14H2,1-4H3,(H,25,27). The molecule has 0 bridgehead atoms. The van der Waals surface area contributed by atoms with E-state index in [1.807, 2.05) is 39.0 Å². The van der Waals surface area contributed by atoms with Crippen molar-refractivity contribution in [1.82, 2.24) is 4.98 Å². The van der Waals surface area contributed by atoms with Crippen LogP contribution in [0.4, 0.5) is 5.69 Å². The summed E-state index contributed by atoms with van der Waals surface area (Å²) in [7, 11) is 1.58. The molecule has 2 heterocycles. The molecule has 0 aliphatic rings. The highest BCUT2D eigenvalue weighted by Crippen LogP contribution is 2.28. The number of methoxy groups -OCH3 is 1. The number of hydrogen-bond acceptors (Lipinski definition) is 6. The molecule has 0 saturated heterocycles. The number of ether oxygens (including phenoxy) is 2. The third kappa shape index (κ3) is 4.55. The first kappa shape index (κ1) is 20.5. The Morgan fingerprint density at radius 1 is 1.03 bits per heavy atom. The summed E-state index contributed by atoms with van der Waals surface area (Å²) in [6.45, 7) is 6.28. The van der Waals surface area contributed by atoms with E-state index in [2.05, 4.69) is 10.3 Å². The molecular formula is C24H24N2O5. The lowest BCUT2D eigenvalue weighted by atomic mass is 9.97. The van der Waals surface area contributed by atoms with Gasteiger partial charge in [-0.3, -0.25) is 4.79 Å². The maximum atomic E-state index is 12.6. The highest BCUT2D eigenvalue weighted by molar-refractivity contribution is 6.03. The number of carbonyl (C=O) groups is 1. The Morgan fingerprint density at radius 3 is 2.55 bits per heavy atom. The second kappa shape index (κ2) is 8.18. The summed E-state index contributed by atoms with van der Waals surface area (Å²) >= 11 is 0. The average Bonchev–Trinajstić information content (AvgIpc) is 3.39. The minimum atomic E-state index is -0.359. The number of rotatable bonds is 6. The van der Waals surface area contributed by atoms with E-state index in [1.54, 1.807) is 43.5 Å². The first-order valence-electron chi connectivity index (χ1n) is 9.90. The van der Waals surface area contributed by atoms with Crippen molar-refractivity contribution in [2.75, 3.05) is 12.4 Å². The molecule has 2 aromatic carbocycles. The van der Waals surface area contributed by atoms with E-state index in [4.69, 9.17) is 18.3 Å². The molecule has 0 aliphatic heterocycles. The van der Waals surface area contributed by atoms with Crippen molar-refractivity contribution in [3.63, 3.8) is 0 Å². The number of oxazole rings is 1. The number of furan rings is 1. The number of hydrogen-bond donors (Lipinski definition) is 1. The van der Waals surface area contributed by atoms with Gasteiger partial charge in [0.1, 0.15) is 17.9 Å². The van der Waals surface area contributed by atoms with Gasteiger partial charge in [0.05, 0.1) is 7.11 Å². The van der Waals surface area contributed by atoms with Gasteiger partial charge in [-0.2, -0.15) is 0 Å². The minimum absolute atomic E-state index is 0.175.